The number of hydrogen-bond donors (Lipinski definition) is 0. The molecule has 1 aliphatic rings. The standard InChI is InChI=1S/C28H33NO2/c1-30-27-16-8-10-23(20-27)17-19-29-18-9-11-24(21-29)22-31-28(25-12-4-2-5-13-25)26-14-6-3-7-15-26/h2-8,10,12-16,20,24,28H,9,11,17-19,21-22H2,1H3. The Morgan fingerprint density at radius 2 is 1.61 bits per heavy atom. The van der Waals surface area contributed by atoms with Gasteiger partial charge in [-0.1, -0.05) is 72.8 Å². The van der Waals surface area contributed by atoms with Gasteiger partial charge in [-0.15, -0.1) is 0 Å². The molecule has 1 fully saturated rings. The molecule has 0 saturated carbocycles. The molecule has 0 spiro atoms. The lowest BCUT2D eigenvalue weighted by Crippen LogP contribution is -2.38. The van der Waals surface area contributed by atoms with Crippen molar-refractivity contribution in [1.82, 2.24) is 4.90 Å². The zero-order valence-corrected chi connectivity index (χ0v) is 18.5. The van der Waals surface area contributed by atoms with Gasteiger partial charge in [0.1, 0.15) is 11.9 Å². The number of methoxy groups -OCH3 is 1. The average Bonchev–Trinajstić information content (AvgIpc) is 2.85. The summed E-state index contributed by atoms with van der Waals surface area (Å²) in [6, 6.07) is 29.6. The van der Waals surface area contributed by atoms with Crippen molar-refractivity contribution in [3.63, 3.8) is 0 Å². The molecular weight excluding hydrogens is 382 g/mol. The predicted molar refractivity (Wildman–Crippen MR) is 127 cm³/mol. The first-order valence-corrected chi connectivity index (χ1v) is 11.4. The molecule has 31 heavy (non-hydrogen) atoms. The van der Waals surface area contributed by atoms with Crippen LogP contribution in [0.3, 0.4) is 0 Å². The summed E-state index contributed by atoms with van der Waals surface area (Å²) < 4.78 is 11.9. The van der Waals surface area contributed by atoms with Gasteiger partial charge in [0.25, 0.3) is 0 Å². The summed E-state index contributed by atoms with van der Waals surface area (Å²) in [5, 5.41) is 0. The van der Waals surface area contributed by atoms with E-state index in [0.29, 0.717) is 5.92 Å². The molecule has 0 amide bonds. The van der Waals surface area contributed by atoms with Gasteiger partial charge < -0.3 is 14.4 Å². The maximum Gasteiger partial charge on any atom is 0.119 e. The third-order valence-corrected chi connectivity index (χ3v) is 6.16. The zero-order chi connectivity index (χ0) is 21.3. The fraction of sp³-hybridized carbons (Fsp3) is 0.357. The summed E-state index contributed by atoms with van der Waals surface area (Å²) in [5.74, 6) is 1.52. The van der Waals surface area contributed by atoms with Gasteiger partial charge in [-0.25, -0.2) is 0 Å². The molecule has 1 aliphatic heterocycles. The molecule has 3 nitrogen and oxygen atoms in total. The molecule has 162 valence electrons. The van der Waals surface area contributed by atoms with Gasteiger partial charge >= 0.3 is 0 Å². The van der Waals surface area contributed by atoms with Crippen LogP contribution in [0.5, 0.6) is 5.75 Å². The molecule has 4 rings (SSSR count). The molecule has 3 heteroatoms. The van der Waals surface area contributed by atoms with Crippen LogP contribution in [0.4, 0.5) is 0 Å². The second-order valence-corrected chi connectivity index (χ2v) is 8.45. The molecule has 0 aromatic heterocycles. The summed E-state index contributed by atoms with van der Waals surface area (Å²) in [5.41, 5.74) is 3.78. The van der Waals surface area contributed by atoms with Gasteiger partial charge in [0.05, 0.1) is 13.7 Å². The van der Waals surface area contributed by atoms with E-state index in [1.807, 2.05) is 6.07 Å². The Hall–Kier alpha value is -2.62. The Balaban J connectivity index is 1.33. The second-order valence-electron chi connectivity index (χ2n) is 8.45. The van der Waals surface area contributed by atoms with Crippen LogP contribution in [0.1, 0.15) is 35.6 Å². The van der Waals surface area contributed by atoms with Crippen molar-refractivity contribution in [3.8, 4) is 5.75 Å². The van der Waals surface area contributed by atoms with E-state index in [2.05, 4.69) is 83.8 Å². The summed E-state index contributed by atoms with van der Waals surface area (Å²) in [4.78, 5) is 2.59. The van der Waals surface area contributed by atoms with Crippen molar-refractivity contribution < 1.29 is 9.47 Å². The smallest absolute Gasteiger partial charge is 0.119 e. The minimum atomic E-state index is -0.00504. The zero-order valence-electron chi connectivity index (χ0n) is 18.5. The normalized spacial score (nSPS) is 17.0. The molecule has 3 aromatic rings. The Bertz CT molecular complexity index is 873. The summed E-state index contributed by atoms with van der Waals surface area (Å²) in [6.07, 6.45) is 3.54. The molecule has 0 aliphatic carbocycles. The second kappa shape index (κ2) is 11.1. The Kier molecular flexibility index (Phi) is 7.76. The Morgan fingerprint density at radius 1 is 0.903 bits per heavy atom. The number of ether oxygens (including phenoxy) is 2. The number of piperidine rings is 1. The number of nitrogens with zero attached hydrogens (tertiary/aromatic N) is 1. The van der Waals surface area contributed by atoms with Gasteiger partial charge in [0.15, 0.2) is 0 Å². The molecule has 1 atom stereocenters. The average molecular weight is 416 g/mol. The van der Waals surface area contributed by atoms with E-state index in [4.69, 9.17) is 9.47 Å². The highest BCUT2D eigenvalue weighted by Gasteiger charge is 2.22. The number of hydrogen-bond acceptors (Lipinski definition) is 3. The van der Waals surface area contributed by atoms with E-state index in [-0.39, 0.29) is 6.10 Å². The first kappa shape index (κ1) is 21.6. The van der Waals surface area contributed by atoms with Crippen molar-refractivity contribution in [1.29, 1.82) is 0 Å². The molecule has 1 unspecified atom stereocenters. The van der Waals surface area contributed by atoms with Crippen molar-refractivity contribution in [2.45, 2.75) is 25.4 Å². The van der Waals surface area contributed by atoms with Crippen LogP contribution < -0.4 is 4.74 Å². The third kappa shape index (κ3) is 6.19. The van der Waals surface area contributed by atoms with Gasteiger partial charge in [-0.2, -0.15) is 0 Å². The van der Waals surface area contributed by atoms with Crippen LogP contribution in [0.15, 0.2) is 84.9 Å². The molecular formula is C28H33NO2. The molecule has 0 bridgehead atoms. The van der Waals surface area contributed by atoms with Crippen molar-refractivity contribution >= 4 is 0 Å². The van der Waals surface area contributed by atoms with Gasteiger partial charge in [0.2, 0.25) is 0 Å². The van der Waals surface area contributed by atoms with Gasteiger partial charge in [-0.3, -0.25) is 0 Å². The fourth-order valence-corrected chi connectivity index (χ4v) is 4.48. The molecule has 1 heterocycles. The highest BCUT2D eigenvalue weighted by atomic mass is 16.5. The first-order valence-electron chi connectivity index (χ1n) is 11.4. The highest BCUT2D eigenvalue weighted by molar-refractivity contribution is 5.30. The van der Waals surface area contributed by atoms with Crippen LogP contribution in [0, 0.1) is 5.92 Å². The topological polar surface area (TPSA) is 21.7 Å². The lowest BCUT2D eigenvalue weighted by molar-refractivity contribution is 0.0266. The van der Waals surface area contributed by atoms with E-state index in [1.54, 1.807) is 7.11 Å². The van der Waals surface area contributed by atoms with Crippen LogP contribution >= 0.6 is 0 Å². The third-order valence-electron chi connectivity index (χ3n) is 6.16. The Morgan fingerprint density at radius 3 is 2.29 bits per heavy atom. The van der Waals surface area contributed by atoms with Crippen LogP contribution in [0.2, 0.25) is 0 Å². The minimum absolute atomic E-state index is 0.00504. The van der Waals surface area contributed by atoms with Crippen molar-refractivity contribution in [2.24, 2.45) is 5.92 Å². The first-order chi connectivity index (χ1) is 15.3. The highest BCUT2D eigenvalue weighted by Crippen LogP contribution is 2.28. The fourth-order valence-electron chi connectivity index (χ4n) is 4.48. The Labute approximate surface area is 186 Å². The number of likely N-dealkylation sites (tertiary alicyclic amines) is 1. The van der Waals surface area contributed by atoms with Crippen LogP contribution in [-0.4, -0.2) is 38.3 Å². The maximum atomic E-state index is 6.55. The van der Waals surface area contributed by atoms with Crippen LogP contribution in [0.25, 0.3) is 0 Å². The van der Waals surface area contributed by atoms with E-state index < -0.39 is 0 Å². The van der Waals surface area contributed by atoms with Crippen LogP contribution in [-0.2, 0) is 11.2 Å². The van der Waals surface area contributed by atoms with Gasteiger partial charge in [0, 0.05) is 13.1 Å². The summed E-state index contributed by atoms with van der Waals surface area (Å²) in [7, 11) is 1.73. The SMILES string of the molecule is COc1cccc(CCN2CCCC(COC(c3ccccc3)c3ccccc3)C2)c1. The molecule has 0 radical (unpaired) electrons. The number of benzene rings is 3. The monoisotopic (exact) mass is 415 g/mol. The van der Waals surface area contributed by atoms with Crippen molar-refractivity contribution in [3.05, 3.63) is 102 Å². The van der Waals surface area contributed by atoms with E-state index in [1.165, 1.54) is 36.1 Å². The number of rotatable bonds is 9. The van der Waals surface area contributed by atoms with Crippen molar-refractivity contribution in [2.75, 3.05) is 33.4 Å². The lowest BCUT2D eigenvalue weighted by Gasteiger charge is -2.33. The molecule has 1 saturated heterocycles. The summed E-state index contributed by atoms with van der Waals surface area (Å²) >= 11 is 0. The minimum Gasteiger partial charge on any atom is -0.497 e. The van der Waals surface area contributed by atoms with E-state index >= 15 is 0 Å². The van der Waals surface area contributed by atoms with E-state index in [0.717, 1.165) is 31.9 Å². The van der Waals surface area contributed by atoms with E-state index in [9.17, 15) is 0 Å². The largest absolute Gasteiger partial charge is 0.497 e. The molecule has 0 N–H and O–H groups in total. The predicted octanol–water partition coefficient (Wildman–Crippen LogP) is 5.76. The lowest BCUT2D eigenvalue weighted by atomic mass is 9.97. The quantitative estimate of drug-likeness (QED) is 0.444. The van der Waals surface area contributed by atoms with Gasteiger partial charge in [-0.05, 0) is 60.5 Å². The molecule has 3 aromatic carbocycles. The summed E-state index contributed by atoms with van der Waals surface area (Å²) in [6.45, 7) is 4.18. The maximum absolute atomic E-state index is 6.55.